The molecule has 0 spiro atoms. The molecule has 5 heteroatoms. The van der Waals surface area contributed by atoms with Gasteiger partial charge in [-0.25, -0.2) is 0 Å². The zero-order valence-corrected chi connectivity index (χ0v) is 21.1. The van der Waals surface area contributed by atoms with Gasteiger partial charge in [0.2, 0.25) is 0 Å². The highest BCUT2D eigenvalue weighted by atomic mass is 127. The zero-order chi connectivity index (χ0) is 21.7. The molecule has 4 nitrogen and oxygen atoms in total. The topological polar surface area (TPSA) is 66.8 Å². The van der Waals surface area contributed by atoms with E-state index in [2.05, 4.69) is 43.4 Å². The van der Waals surface area contributed by atoms with Gasteiger partial charge in [-0.05, 0) is 127 Å². The number of aliphatic hydroxyl groups excluding tert-OH is 2. The molecule has 0 amide bonds. The highest BCUT2D eigenvalue weighted by Gasteiger charge is 2.63. The number of esters is 1. The van der Waals surface area contributed by atoms with Crippen molar-refractivity contribution in [1.82, 2.24) is 0 Å². The summed E-state index contributed by atoms with van der Waals surface area (Å²) in [4.78, 5) is 11.9. The summed E-state index contributed by atoms with van der Waals surface area (Å²) >= 11 is 2.07. The Morgan fingerprint density at radius 3 is 2.60 bits per heavy atom. The average Bonchev–Trinajstić information content (AvgIpc) is 3.07. The summed E-state index contributed by atoms with van der Waals surface area (Å²) < 4.78 is 5.55. The van der Waals surface area contributed by atoms with E-state index in [9.17, 15) is 15.0 Å². The second-order valence-electron chi connectivity index (χ2n) is 11.5. The maximum atomic E-state index is 11.9. The third-order valence-electron chi connectivity index (χ3n) is 10.5. The maximum absolute atomic E-state index is 11.9. The summed E-state index contributed by atoms with van der Waals surface area (Å²) in [5.74, 6) is 3.38. The van der Waals surface area contributed by atoms with Crippen LogP contribution in [0.1, 0.15) is 85.0 Å². The predicted octanol–water partition coefficient (Wildman–Crippen LogP) is 5.33. The summed E-state index contributed by atoms with van der Waals surface area (Å²) in [6.45, 7) is 7.13. The molecule has 10 unspecified atom stereocenters. The van der Waals surface area contributed by atoms with Crippen LogP contribution in [0.15, 0.2) is 0 Å². The molecule has 0 aliphatic heterocycles. The van der Waals surface area contributed by atoms with Crippen LogP contribution in [-0.2, 0) is 9.53 Å². The number of hydrogen-bond acceptors (Lipinski definition) is 4. The number of alkyl halides is 1. The SMILES string of the molecule is CC(CCC(=O)OCI)C1CCC2C3CCC4CC(O)CCC4(C)C3CC(O)C12C. The van der Waals surface area contributed by atoms with Crippen molar-refractivity contribution in [2.24, 2.45) is 46.3 Å². The van der Waals surface area contributed by atoms with Crippen LogP contribution in [0.5, 0.6) is 0 Å². The van der Waals surface area contributed by atoms with Crippen LogP contribution >= 0.6 is 22.6 Å². The van der Waals surface area contributed by atoms with Gasteiger partial charge in [-0.3, -0.25) is 4.79 Å². The minimum atomic E-state index is -0.248. The largest absolute Gasteiger partial charge is 0.455 e. The summed E-state index contributed by atoms with van der Waals surface area (Å²) in [5.41, 5.74) is 0.266. The van der Waals surface area contributed by atoms with Crippen molar-refractivity contribution in [2.75, 3.05) is 4.61 Å². The first-order valence-corrected chi connectivity index (χ1v) is 13.8. The molecule has 0 saturated heterocycles. The first kappa shape index (κ1) is 23.3. The predicted molar refractivity (Wildman–Crippen MR) is 126 cm³/mol. The fourth-order valence-corrected chi connectivity index (χ4v) is 9.19. The molecular formula is C25H41IO4. The zero-order valence-electron chi connectivity index (χ0n) is 19.0. The summed E-state index contributed by atoms with van der Waals surface area (Å²) in [6.07, 6.45) is 9.87. The van der Waals surface area contributed by atoms with Crippen LogP contribution in [0, 0.1) is 46.3 Å². The molecule has 0 radical (unpaired) electrons. The highest BCUT2D eigenvalue weighted by Crippen LogP contribution is 2.68. The lowest BCUT2D eigenvalue weighted by Crippen LogP contribution is -2.58. The van der Waals surface area contributed by atoms with Gasteiger partial charge in [0.1, 0.15) is 4.61 Å². The molecule has 4 aliphatic rings. The number of fused-ring (bicyclic) bond motifs is 5. The molecule has 0 aromatic carbocycles. The van der Waals surface area contributed by atoms with Crippen LogP contribution in [0.3, 0.4) is 0 Å². The van der Waals surface area contributed by atoms with Gasteiger partial charge >= 0.3 is 5.97 Å². The lowest BCUT2D eigenvalue weighted by atomic mass is 9.43. The van der Waals surface area contributed by atoms with Crippen molar-refractivity contribution in [3.8, 4) is 0 Å². The molecule has 0 aromatic heterocycles. The molecule has 30 heavy (non-hydrogen) atoms. The normalized spacial score (nSPS) is 48.9. The van der Waals surface area contributed by atoms with E-state index in [1.165, 1.54) is 25.7 Å². The van der Waals surface area contributed by atoms with Gasteiger partial charge in [0.25, 0.3) is 0 Å². The first-order valence-electron chi connectivity index (χ1n) is 12.3. The van der Waals surface area contributed by atoms with Crippen LogP contribution < -0.4 is 0 Å². The standard InChI is InChI=1S/C25H41IO4/c1-15(4-9-23(29)30-14-26)19-7-8-20-18-6-5-16-12-17(27)10-11-24(16,2)21(18)13-22(28)25(19,20)3/h15-22,27-28H,4-14H2,1-3H3. The van der Waals surface area contributed by atoms with Gasteiger partial charge in [-0.2, -0.15) is 0 Å². The van der Waals surface area contributed by atoms with E-state index in [0.29, 0.717) is 40.6 Å². The molecule has 0 aromatic rings. The van der Waals surface area contributed by atoms with Crippen molar-refractivity contribution >= 4 is 28.6 Å². The van der Waals surface area contributed by atoms with E-state index in [1.807, 2.05) is 0 Å². The van der Waals surface area contributed by atoms with E-state index in [4.69, 9.17) is 4.74 Å². The van der Waals surface area contributed by atoms with Gasteiger partial charge in [0.05, 0.1) is 12.2 Å². The Morgan fingerprint density at radius 1 is 1.10 bits per heavy atom. The Bertz CT molecular complexity index is 641. The van der Waals surface area contributed by atoms with Gasteiger partial charge in [0, 0.05) is 6.42 Å². The molecule has 0 heterocycles. The number of hydrogen-bond donors (Lipinski definition) is 2. The number of ether oxygens (including phenoxy) is 1. The van der Waals surface area contributed by atoms with Crippen molar-refractivity contribution < 1.29 is 19.7 Å². The van der Waals surface area contributed by atoms with Crippen molar-refractivity contribution in [3.63, 3.8) is 0 Å². The van der Waals surface area contributed by atoms with E-state index in [1.54, 1.807) is 0 Å². The molecule has 2 N–H and O–H groups in total. The number of rotatable bonds is 5. The van der Waals surface area contributed by atoms with Crippen LogP contribution in [0.2, 0.25) is 0 Å². The number of carbonyl (C=O) groups excluding carboxylic acids is 1. The van der Waals surface area contributed by atoms with Gasteiger partial charge < -0.3 is 14.9 Å². The molecule has 172 valence electrons. The fraction of sp³-hybridized carbons (Fsp3) is 0.960. The van der Waals surface area contributed by atoms with Crippen molar-refractivity contribution in [1.29, 1.82) is 0 Å². The molecule has 4 fully saturated rings. The molecule has 0 bridgehead atoms. The quantitative estimate of drug-likeness (QED) is 0.286. The molecule has 4 saturated carbocycles. The van der Waals surface area contributed by atoms with E-state index >= 15 is 0 Å². The third kappa shape index (κ3) is 3.76. The Hall–Kier alpha value is 0.120. The Labute approximate surface area is 196 Å². The summed E-state index contributed by atoms with van der Waals surface area (Å²) in [7, 11) is 0. The van der Waals surface area contributed by atoms with E-state index in [-0.39, 0.29) is 29.0 Å². The monoisotopic (exact) mass is 532 g/mol. The summed E-state index contributed by atoms with van der Waals surface area (Å²) in [5, 5.41) is 21.8. The summed E-state index contributed by atoms with van der Waals surface area (Å²) in [6, 6.07) is 0. The fourth-order valence-electron chi connectivity index (χ4n) is 8.84. The Morgan fingerprint density at radius 2 is 1.87 bits per heavy atom. The molecule has 10 atom stereocenters. The van der Waals surface area contributed by atoms with Gasteiger partial charge in [-0.1, -0.05) is 20.8 Å². The lowest BCUT2D eigenvalue weighted by Gasteiger charge is -2.62. The molecular weight excluding hydrogens is 491 g/mol. The smallest absolute Gasteiger partial charge is 0.306 e. The van der Waals surface area contributed by atoms with E-state index < -0.39 is 0 Å². The number of aliphatic hydroxyl groups is 2. The van der Waals surface area contributed by atoms with Crippen LogP contribution in [-0.4, -0.2) is 33.0 Å². The Balaban J connectivity index is 1.50. The third-order valence-corrected chi connectivity index (χ3v) is 10.8. The van der Waals surface area contributed by atoms with E-state index in [0.717, 1.165) is 38.0 Å². The minimum Gasteiger partial charge on any atom is -0.455 e. The maximum Gasteiger partial charge on any atom is 0.306 e. The molecule has 4 aliphatic carbocycles. The highest BCUT2D eigenvalue weighted by molar-refractivity contribution is 14.1. The first-order chi connectivity index (χ1) is 14.2. The Kier molecular flexibility index (Phi) is 6.84. The second-order valence-corrected chi connectivity index (χ2v) is 12.2. The lowest BCUT2D eigenvalue weighted by molar-refractivity contribution is -0.175. The van der Waals surface area contributed by atoms with Crippen LogP contribution in [0.25, 0.3) is 0 Å². The van der Waals surface area contributed by atoms with Crippen molar-refractivity contribution in [3.05, 3.63) is 0 Å². The average molecular weight is 533 g/mol. The minimum absolute atomic E-state index is 0.0227. The number of halogens is 1. The second kappa shape index (κ2) is 8.81. The number of carbonyl (C=O) groups is 1. The van der Waals surface area contributed by atoms with Crippen LogP contribution in [0.4, 0.5) is 0 Å². The van der Waals surface area contributed by atoms with Gasteiger partial charge in [-0.15, -0.1) is 0 Å². The van der Waals surface area contributed by atoms with Crippen molar-refractivity contribution in [2.45, 2.75) is 97.2 Å². The van der Waals surface area contributed by atoms with Gasteiger partial charge in [0.15, 0.2) is 0 Å². The molecule has 4 rings (SSSR count).